The van der Waals surface area contributed by atoms with Crippen molar-refractivity contribution in [3.63, 3.8) is 0 Å². The molecule has 5 aromatic rings. The van der Waals surface area contributed by atoms with Gasteiger partial charge >= 0.3 is 12.1 Å². The number of ether oxygens (including phenoxy) is 6. The molecule has 0 bridgehead atoms. The Hall–Kier alpha value is -7.51. The predicted octanol–water partition coefficient (Wildman–Crippen LogP) is 2.66. The van der Waals surface area contributed by atoms with Crippen LogP contribution in [-0.2, 0) is 41.5 Å². The number of nitrogens with one attached hydrogen (secondary N) is 1. The Morgan fingerprint density at radius 2 is 1.39 bits per heavy atom. The van der Waals surface area contributed by atoms with Gasteiger partial charge in [-0.3, -0.25) is 14.4 Å². The first-order valence-electron chi connectivity index (χ1n) is 24.0. The smallest absolute Gasteiger partial charge is 0.410 e. The first-order chi connectivity index (χ1) is 36.2. The Kier molecular flexibility index (Phi) is 14.9. The summed E-state index contributed by atoms with van der Waals surface area (Å²) in [4.78, 5) is 70.3. The summed E-state index contributed by atoms with van der Waals surface area (Å²) in [7, 11) is 2.58. The van der Waals surface area contributed by atoms with E-state index < -0.39 is 160 Å². The number of aryl methyl sites for hydroxylation is 1. The van der Waals surface area contributed by atoms with Crippen LogP contribution in [0, 0.1) is 6.92 Å². The van der Waals surface area contributed by atoms with Crippen LogP contribution in [0.3, 0.4) is 0 Å². The number of carboxylic acid groups (broad SMARTS) is 1. The monoisotopic (exact) mass is 1050 g/mol. The Bertz CT molecular complexity index is 3100. The SMILES string of the molecule is COc1cc(O)c2c(c1)C(=O)c1c(cc3c(c1O)-c1c(cc(C)c(C(=O)N[C@H](Cc4ccccc4)C(=O)O)c1O)[C@H](O[C@@H]1O[C@H](C)[C@H](N(C)C(=O)OCc4ccccc4)[C@H](O[C@@H]4OC[C@@H](O)[C@H](O)[C@H]4O)[C@H]1O)[C@H]3O)C2=O. The number of amides is 2. The van der Waals surface area contributed by atoms with Gasteiger partial charge < -0.3 is 84.6 Å². The fourth-order valence-corrected chi connectivity index (χ4v) is 10.3. The zero-order valence-corrected chi connectivity index (χ0v) is 41.1. The molecule has 2 saturated heterocycles. The number of aliphatic hydroxyl groups is 5. The lowest BCUT2D eigenvalue weighted by atomic mass is 9.74. The van der Waals surface area contributed by atoms with Gasteiger partial charge in [0.2, 0.25) is 0 Å². The maximum Gasteiger partial charge on any atom is 0.410 e. The van der Waals surface area contributed by atoms with E-state index in [4.69, 9.17) is 28.4 Å². The summed E-state index contributed by atoms with van der Waals surface area (Å²) in [5.41, 5.74) is -2.69. The molecule has 2 amide bonds. The number of benzene rings is 5. The first kappa shape index (κ1) is 53.3. The van der Waals surface area contributed by atoms with Gasteiger partial charge in [-0.15, -0.1) is 0 Å². The van der Waals surface area contributed by atoms with Crippen molar-refractivity contribution in [2.45, 2.75) is 100 Å². The van der Waals surface area contributed by atoms with E-state index in [1.54, 1.807) is 60.7 Å². The number of phenolic OH excluding ortho intramolecular Hbond substituents is 3. The number of carboxylic acids is 1. The minimum Gasteiger partial charge on any atom is -0.507 e. The highest BCUT2D eigenvalue weighted by atomic mass is 16.7. The molecule has 76 heavy (non-hydrogen) atoms. The summed E-state index contributed by atoms with van der Waals surface area (Å²) >= 11 is 0. The lowest BCUT2D eigenvalue weighted by Gasteiger charge is -2.49. The van der Waals surface area contributed by atoms with Gasteiger partial charge in [0.15, 0.2) is 24.1 Å². The number of aliphatic carboxylic acids is 1. The molecule has 10 N–H and O–H groups in total. The minimum atomic E-state index is -2.02. The number of carbonyl (C=O) groups excluding carboxylic acids is 4. The second kappa shape index (κ2) is 21.3. The summed E-state index contributed by atoms with van der Waals surface area (Å²) < 4.78 is 35.2. The van der Waals surface area contributed by atoms with Crippen molar-refractivity contribution in [2.75, 3.05) is 20.8 Å². The van der Waals surface area contributed by atoms with Gasteiger partial charge in [-0.05, 0) is 53.8 Å². The number of nitrogens with zero attached hydrogens (tertiary/aromatic N) is 1. The van der Waals surface area contributed by atoms with E-state index in [9.17, 15) is 69.9 Å². The predicted molar refractivity (Wildman–Crippen MR) is 260 cm³/mol. The van der Waals surface area contributed by atoms with Crippen LogP contribution in [0.25, 0.3) is 11.1 Å². The molecule has 0 unspecified atom stereocenters. The molecule has 9 rings (SSSR count). The molecular weight excluding hydrogens is 997 g/mol. The summed E-state index contributed by atoms with van der Waals surface area (Å²) in [5.74, 6) is -6.94. The van der Waals surface area contributed by atoms with E-state index in [-0.39, 0.29) is 41.0 Å². The third-order valence-electron chi connectivity index (χ3n) is 14.2. The standard InChI is InChI=1S/C54H54N2O20/c1-22-15-30-37(44(63)34(22)50(67)55-31(51(68)69)16-24-11-7-5-8-12-24)36-28(19-29-38(45(36)64)41(60)27-17-26(71-4)18-32(57)35(27)40(29)59)42(61)48(30)75-53-47(66)49(76-52-46(65)43(62)33(58)21-72-52)39(23(2)74-53)56(3)54(70)73-20-25-13-9-6-10-14-25/h5-15,17-19,23,31,33,39,42-43,46-49,52-53,57-58,61-66H,16,20-21H2,1-4H3,(H,55,67)(H,68,69)/t23-,31-,33-,39+,42+,43+,46-,47-,48+,49+,52+,53+/m1/s1. The molecule has 22 heteroatoms. The van der Waals surface area contributed by atoms with Crippen LogP contribution in [0.4, 0.5) is 4.79 Å². The third-order valence-corrected chi connectivity index (χ3v) is 14.2. The summed E-state index contributed by atoms with van der Waals surface area (Å²) in [6, 6.07) is 18.9. The van der Waals surface area contributed by atoms with Gasteiger partial charge in [-0.2, -0.15) is 0 Å². The number of rotatable bonds is 13. The van der Waals surface area contributed by atoms with Crippen LogP contribution in [0.15, 0.2) is 84.9 Å². The van der Waals surface area contributed by atoms with Crippen molar-refractivity contribution >= 4 is 29.5 Å². The number of aliphatic hydroxyl groups excluding tert-OH is 5. The molecule has 2 aliphatic heterocycles. The number of hydrogen-bond donors (Lipinski definition) is 10. The molecule has 0 aromatic heterocycles. The number of fused-ring (bicyclic) bond motifs is 5. The van der Waals surface area contributed by atoms with Crippen LogP contribution in [0.2, 0.25) is 0 Å². The van der Waals surface area contributed by atoms with Gasteiger partial charge in [0.05, 0.1) is 42.6 Å². The molecule has 22 nitrogen and oxygen atoms in total. The van der Waals surface area contributed by atoms with Crippen LogP contribution in [0.5, 0.6) is 23.0 Å². The van der Waals surface area contributed by atoms with Gasteiger partial charge in [0.1, 0.15) is 78.4 Å². The molecule has 2 aliphatic carbocycles. The molecule has 2 heterocycles. The number of carbonyl (C=O) groups is 5. The van der Waals surface area contributed by atoms with E-state index in [2.05, 4.69) is 5.32 Å². The average Bonchev–Trinajstić information content (AvgIpc) is 3.59. The van der Waals surface area contributed by atoms with E-state index in [1.165, 1.54) is 40.1 Å². The van der Waals surface area contributed by atoms with E-state index in [0.29, 0.717) is 11.1 Å². The Morgan fingerprint density at radius 3 is 2.05 bits per heavy atom. The molecule has 2 fully saturated rings. The molecule has 5 aromatic carbocycles. The van der Waals surface area contributed by atoms with Crippen LogP contribution in [0.1, 0.15) is 89.1 Å². The zero-order valence-electron chi connectivity index (χ0n) is 41.1. The number of aromatic hydroxyl groups is 3. The van der Waals surface area contributed by atoms with Crippen LogP contribution >= 0.6 is 0 Å². The van der Waals surface area contributed by atoms with Crippen molar-refractivity contribution in [3.05, 3.63) is 141 Å². The van der Waals surface area contributed by atoms with Gasteiger partial charge in [-0.25, -0.2) is 9.59 Å². The number of phenols is 3. The Labute approximate surface area is 432 Å². The molecule has 0 spiro atoms. The highest BCUT2D eigenvalue weighted by Gasteiger charge is 2.53. The number of hydrogen-bond acceptors (Lipinski definition) is 19. The van der Waals surface area contributed by atoms with Crippen molar-refractivity contribution in [1.29, 1.82) is 0 Å². The van der Waals surface area contributed by atoms with E-state index in [0.717, 1.165) is 17.0 Å². The van der Waals surface area contributed by atoms with Gasteiger partial charge in [-0.1, -0.05) is 66.7 Å². The van der Waals surface area contributed by atoms with Gasteiger partial charge in [0.25, 0.3) is 5.91 Å². The Balaban J connectivity index is 1.14. The van der Waals surface area contributed by atoms with E-state index in [1.807, 2.05) is 0 Å². The third kappa shape index (κ3) is 9.58. The number of methoxy groups -OCH3 is 1. The maximum absolute atomic E-state index is 14.4. The second-order valence-electron chi connectivity index (χ2n) is 19.0. The largest absolute Gasteiger partial charge is 0.507 e. The molecule has 0 radical (unpaired) electrons. The normalized spacial score (nSPS) is 26.0. The van der Waals surface area contributed by atoms with Crippen LogP contribution in [-0.4, -0.2) is 162 Å². The fourth-order valence-electron chi connectivity index (χ4n) is 10.3. The van der Waals surface area contributed by atoms with Gasteiger partial charge in [0, 0.05) is 41.8 Å². The van der Waals surface area contributed by atoms with Crippen molar-refractivity contribution in [1.82, 2.24) is 10.2 Å². The van der Waals surface area contributed by atoms with Crippen molar-refractivity contribution in [3.8, 4) is 34.1 Å². The summed E-state index contributed by atoms with van der Waals surface area (Å²) in [6.45, 7) is 2.17. The fraction of sp³-hybridized carbons (Fsp3) is 0.352. The van der Waals surface area contributed by atoms with Crippen molar-refractivity contribution < 1.29 is 98.4 Å². The van der Waals surface area contributed by atoms with Crippen molar-refractivity contribution in [2.24, 2.45) is 0 Å². The van der Waals surface area contributed by atoms with Crippen LogP contribution < -0.4 is 10.1 Å². The number of ketones is 2. The molecule has 0 saturated carbocycles. The van der Waals surface area contributed by atoms with E-state index >= 15 is 0 Å². The highest BCUT2D eigenvalue weighted by Crippen LogP contribution is 2.57. The quantitative estimate of drug-likeness (QED) is 0.0795. The lowest BCUT2D eigenvalue weighted by Crippen LogP contribution is -2.66. The zero-order chi connectivity index (χ0) is 54.6. The molecule has 400 valence electrons. The molecule has 12 atom stereocenters. The highest BCUT2D eigenvalue weighted by molar-refractivity contribution is 6.31. The Morgan fingerprint density at radius 1 is 0.763 bits per heavy atom. The summed E-state index contributed by atoms with van der Waals surface area (Å²) in [6.07, 6.45) is -18.6. The maximum atomic E-state index is 14.4. The topological polar surface area (TPSA) is 338 Å². The molecular formula is C54H54N2O20. The molecule has 4 aliphatic rings. The average molecular weight is 1050 g/mol. The first-order valence-corrected chi connectivity index (χ1v) is 24.0. The number of likely N-dealkylation sites (N-methyl/N-ethyl adjacent to an activating group) is 1. The summed E-state index contributed by atoms with van der Waals surface area (Å²) in [5, 5.41) is 105. The second-order valence-corrected chi connectivity index (χ2v) is 19.0. The minimum absolute atomic E-state index is 0.0105. The lowest BCUT2D eigenvalue weighted by molar-refractivity contribution is -0.344.